The molecule has 5 nitrogen and oxygen atoms in total. The van der Waals surface area contributed by atoms with Gasteiger partial charge in [-0.25, -0.2) is 0 Å². The van der Waals surface area contributed by atoms with E-state index in [-0.39, 0.29) is 22.9 Å². The van der Waals surface area contributed by atoms with Crippen molar-refractivity contribution in [3.63, 3.8) is 0 Å². The van der Waals surface area contributed by atoms with E-state index in [1.54, 1.807) is 18.9 Å². The predicted molar refractivity (Wildman–Crippen MR) is 74.4 cm³/mol. The first-order valence-electron chi connectivity index (χ1n) is 6.64. The van der Waals surface area contributed by atoms with Gasteiger partial charge in [0, 0.05) is 31.0 Å². The molecule has 0 aliphatic carbocycles. The van der Waals surface area contributed by atoms with Gasteiger partial charge in [-0.2, -0.15) is 0 Å². The molecule has 1 aromatic rings. The van der Waals surface area contributed by atoms with Crippen LogP contribution >= 0.6 is 0 Å². The fraction of sp³-hybridized carbons (Fsp3) is 0.571. The number of nitrogens with zero attached hydrogens (tertiary/aromatic N) is 2. The Kier molecular flexibility index (Phi) is 4.04. The highest BCUT2D eigenvalue weighted by atomic mass is 16.2. The van der Waals surface area contributed by atoms with Crippen LogP contribution in [0.2, 0.25) is 0 Å². The van der Waals surface area contributed by atoms with Crippen LogP contribution in [-0.2, 0) is 0 Å². The molecule has 0 saturated carbocycles. The van der Waals surface area contributed by atoms with Crippen LogP contribution in [0.4, 0.5) is 0 Å². The molecule has 1 fully saturated rings. The maximum absolute atomic E-state index is 12.3. The Morgan fingerprint density at radius 2 is 2.05 bits per heavy atom. The number of hydrogen-bond acceptors (Lipinski definition) is 3. The van der Waals surface area contributed by atoms with E-state index in [4.69, 9.17) is 0 Å². The van der Waals surface area contributed by atoms with E-state index in [9.17, 15) is 9.59 Å². The molecule has 1 aliphatic heterocycles. The van der Waals surface area contributed by atoms with Gasteiger partial charge in [0.25, 0.3) is 5.91 Å². The lowest BCUT2D eigenvalue weighted by atomic mass is 10.0. The molecule has 2 heterocycles. The molecule has 104 valence electrons. The molecule has 0 spiro atoms. The smallest absolute Gasteiger partial charge is 0.259 e. The minimum Gasteiger partial charge on any atom is -0.364 e. The Balaban J connectivity index is 2.12. The number of aryl methyl sites for hydroxylation is 1. The topological polar surface area (TPSA) is 56.4 Å². The highest BCUT2D eigenvalue weighted by Crippen LogP contribution is 2.15. The summed E-state index contributed by atoms with van der Waals surface area (Å²) in [5.41, 5.74) is 0.788. The summed E-state index contributed by atoms with van der Waals surface area (Å²) < 4.78 is 0. The SMILES string of the molecule is Cc1cc(=O)c(C(=O)N(C)C2CCN(C)CC2)c[nH]1. The van der Waals surface area contributed by atoms with Gasteiger partial charge < -0.3 is 14.8 Å². The van der Waals surface area contributed by atoms with Crippen LogP contribution in [0.5, 0.6) is 0 Å². The van der Waals surface area contributed by atoms with Crippen LogP contribution in [0, 0.1) is 6.92 Å². The number of rotatable bonds is 2. The Morgan fingerprint density at radius 3 is 2.63 bits per heavy atom. The monoisotopic (exact) mass is 263 g/mol. The summed E-state index contributed by atoms with van der Waals surface area (Å²) in [4.78, 5) is 31.1. The Bertz CT molecular complexity index is 516. The zero-order valence-electron chi connectivity index (χ0n) is 11.8. The van der Waals surface area contributed by atoms with Crippen molar-refractivity contribution in [3.8, 4) is 0 Å². The van der Waals surface area contributed by atoms with E-state index >= 15 is 0 Å². The third-order valence-electron chi connectivity index (χ3n) is 3.84. The molecule has 0 atom stereocenters. The van der Waals surface area contributed by atoms with Crippen molar-refractivity contribution in [2.24, 2.45) is 0 Å². The molecule has 0 aromatic carbocycles. The van der Waals surface area contributed by atoms with Crippen molar-refractivity contribution >= 4 is 5.91 Å². The normalized spacial score (nSPS) is 17.4. The van der Waals surface area contributed by atoms with Crippen molar-refractivity contribution < 1.29 is 4.79 Å². The molecular weight excluding hydrogens is 242 g/mol. The molecule has 1 aromatic heterocycles. The van der Waals surface area contributed by atoms with Crippen molar-refractivity contribution in [1.29, 1.82) is 0 Å². The van der Waals surface area contributed by atoms with E-state index in [0.29, 0.717) is 0 Å². The third kappa shape index (κ3) is 3.04. The van der Waals surface area contributed by atoms with Gasteiger partial charge in [0.05, 0.1) is 0 Å². The highest BCUT2D eigenvalue weighted by molar-refractivity contribution is 5.93. The second-order valence-electron chi connectivity index (χ2n) is 5.34. The number of pyridine rings is 1. The third-order valence-corrected chi connectivity index (χ3v) is 3.84. The molecular formula is C14H21N3O2. The maximum Gasteiger partial charge on any atom is 0.259 e. The summed E-state index contributed by atoms with van der Waals surface area (Å²) in [6, 6.07) is 1.69. The van der Waals surface area contributed by atoms with Crippen molar-refractivity contribution in [2.75, 3.05) is 27.2 Å². The molecule has 5 heteroatoms. The second-order valence-corrected chi connectivity index (χ2v) is 5.34. The lowest BCUT2D eigenvalue weighted by Gasteiger charge is -2.35. The number of aromatic amines is 1. The maximum atomic E-state index is 12.3. The van der Waals surface area contributed by atoms with Crippen LogP contribution in [0.15, 0.2) is 17.1 Å². The minimum atomic E-state index is -0.207. The van der Waals surface area contributed by atoms with Gasteiger partial charge in [0.1, 0.15) is 5.56 Å². The number of hydrogen-bond donors (Lipinski definition) is 1. The van der Waals surface area contributed by atoms with Gasteiger partial charge in [0.2, 0.25) is 0 Å². The lowest BCUT2D eigenvalue weighted by molar-refractivity contribution is 0.0658. The lowest BCUT2D eigenvalue weighted by Crippen LogP contribution is -2.45. The van der Waals surface area contributed by atoms with Crippen LogP contribution in [-0.4, -0.2) is 53.9 Å². The number of H-pyrrole nitrogens is 1. The summed E-state index contributed by atoms with van der Waals surface area (Å²) in [6.45, 7) is 3.79. The average molecular weight is 263 g/mol. The van der Waals surface area contributed by atoms with Crippen LogP contribution in [0.25, 0.3) is 0 Å². The average Bonchev–Trinajstić information content (AvgIpc) is 2.38. The first kappa shape index (κ1) is 13.8. The first-order chi connectivity index (χ1) is 8.99. The zero-order chi connectivity index (χ0) is 14.0. The number of likely N-dealkylation sites (tertiary alicyclic amines) is 1. The van der Waals surface area contributed by atoms with Gasteiger partial charge in [-0.15, -0.1) is 0 Å². The summed E-state index contributed by atoms with van der Waals surface area (Å²) in [5.74, 6) is -0.184. The molecule has 0 unspecified atom stereocenters. The Hall–Kier alpha value is -1.62. The molecule has 0 radical (unpaired) electrons. The quantitative estimate of drug-likeness (QED) is 0.860. The molecule has 1 N–H and O–H groups in total. The van der Waals surface area contributed by atoms with Gasteiger partial charge in [-0.1, -0.05) is 0 Å². The van der Waals surface area contributed by atoms with E-state index in [2.05, 4.69) is 16.9 Å². The minimum absolute atomic E-state index is 0.184. The first-order valence-corrected chi connectivity index (χ1v) is 6.64. The number of carbonyl (C=O) groups is 1. The summed E-state index contributed by atoms with van der Waals surface area (Å²) in [5, 5.41) is 0. The molecule has 2 rings (SSSR count). The van der Waals surface area contributed by atoms with E-state index in [1.807, 2.05) is 0 Å². The standard InChI is InChI=1S/C14H21N3O2/c1-10-8-13(18)12(9-15-10)14(19)17(3)11-4-6-16(2)7-5-11/h8-9,11H,4-7H2,1-3H3,(H,15,18). The molecule has 1 aliphatic rings. The van der Waals surface area contributed by atoms with Crippen LogP contribution in [0.1, 0.15) is 28.9 Å². The number of piperidine rings is 1. The largest absolute Gasteiger partial charge is 0.364 e. The van der Waals surface area contributed by atoms with Gasteiger partial charge in [-0.05, 0) is 39.9 Å². The molecule has 19 heavy (non-hydrogen) atoms. The van der Waals surface area contributed by atoms with Crippen LogP contribution < -0.4 is 5.43 Å². The highest BCUT2D eigenvalue weighted by Gasteiger charge is 2.25. The van der Waals surface area contributed by atoms with E-state index < -0.39 is 0 Å². The summed E-state index contributed by atoms with van der Waals surface area (Å²) >= 11 is 0. The van der Waals surface area contributed by atoms with Crippen molar-refractivity contribution in [3.05, 3.63) is 33.7 Å². The fourth-order valence-electron chi connectivity index (χ4n) is 2.48. The molecule has 1 saturated heterocycles. The number of amides is 1. The van der Waals surface area contributed by atoms with Gasteiger partial charge in [0.15, 0.2) is 5.43 Å². The second kappa shape index (κ2) is 5.57. The van der Waals surface area contributed by atoms with Crippen LogP contribution in [0.3, 0.4) is 0 Å². The molecule has 1 amide bonds. The summed E-state index contributed by atoms with van der Waals surface area (Å²) in [6.07, 6.45) is 3.44. The van der Waals surface area contributed by atoms with Gasteiger partial charge >= 0.3 is 0 Å². The predicted octanol–water partition coefficient (Wildman–Crippen LogP) is 0.850. The van der Waals surface area contributed by atoms with Gasteiger partial charge in [-0.3, -0.25) is 9.59 Å². The fourth-order valence-corrected chi connectivity index (χ4v) is 2.48. The van der Waals surface area contributed by atoms with Crippen molar-refractivity contribution in [2.45, 2.75) is 25.8 Å². The zero-order valence-corrected chi connectivity index (χ0v) is 11.8. The summed E-state index contributed by atoms with van der Waals surface area (Å²) in [7, 11) is 3.88. The Morgan fingerprint density at radius 1 is 1.42 bits per heavy atom. The number of carbonyl (C=O) groups excluding carboxylic acids is 1. The van der Waals surface area contributed by atoms with Crippen molar-refractivity contribution in [1.82, 2.24) is 14.8 Å². The molecule has 0 bridgehead atoms. The number of aromatic nitrogens is 1. The Labute approximate surface area is 113 Å². The number of nitrogens with one attached hydrogen (secondary N) is 1. The van der Waals surface area contributed by atoms with E-state index in [1.165, 1.54) is 12.3 Å². The van der Waals surface area contributed by atoms with E-state index in [0.717, 1.165) is 31.6 Å².